The summed E-state index contributed by atoms with van der Waals surface area (Å²) in [5.41, 5.74) is 1.31. The van der Waals surface area contributed by atoms with E-state index < -0.39 is 11.6 Å². The highest BCUT2D eigenvalue weighted by molar-refractivity contribution is 5.80. The van der Waals surface area contributed by atoms with Crippen molar-refractivity contribution in [3.05, 3.63) is 59.4 Å². The first-order valence-electron chi connectivity index (χ1n) is 7.60. The second-order valence-electron chi connectivity index (χ2n) is 5.84. The van der Waals surface area contributed by atoms with Crippen LogP contribution >= 0.6 is 0 Å². The van der Waals surface area contributed by atoms with Crippen LogP contribution in [0.3, 0.4) is 0 Å². The Balaban J connectivity index is 1.57. The molecule has 2 atom stereocenters. The molecule has 0 aliphatic heterocycles. The lowest BCUT2D eigenvalue weighted by Gasteiger charge is -2.11. The van der Waals surface area contributed by atoms with Crippen molar-refractivity contribution < 1.29 is 8.78 Å². The lowest BCUT2D eigenvalue weighted by atomic mass is 10.1. The summed E-state index contributed by atoms with van der Waals surface area (Å²) in [6, 6.07) is 6.02. The molecule has 0 amide bonds. The van der Waals surface area contributed by atoms with Crippen LogP contribution in [0, 0.1) is 11.6 Å². The van der Waals surface area contributed by atoms with Crippen molar-refractivity contribution in [2.45, 2.75) is 24.9 Å². The van der Waals surface area contributed by atoms with Gasteiger partial charge in [-0.05, 0) is 30.2 Å². The third-order valence-electron chi connectivity index (χ3n) is 4.06. The van der Waals surface area contributed by atoms with E-state index in [1.807, 2.05) is 30.1 Å². The molecule has 1 aromatic heterocycles. The Hall–Kier alpha value is -2.37. The molecule has 4 nitrogen and oxygen atoms in total. The summed E-state index contributed by atoms with van der Waals surface area (Å²) >= 11 is 0. The van der Waals surface area contributed by atoms with Crippen molar-refractivity contribution in [1.29, 1.82) is 0 Å². The molecule has 1 aliphatic carbocycles. The van der Waals surface area contributed by atoms with E-state index in [0.29, 0.717) is 18.9 Å². The van der Waals surface area contributed by atoms with Gasteiger partial charge in [0.05, 0.1) is 0 Å². The number of aromatic nitrogens is 1. The van der Waals surface area contributed by atoms with Crippen molar-refractivity contribution in [2.24, 2.45) is 12.0 Å². The molecule has 0 radical (unpaired) electrons. The Morgan fingerprint density at radius 2 is 2.04 bits per heavy atom. The molecule has 1 heterocycles. The van der Waals surface area contributed by atoms with Gasteiger partial charge in [-0.1, -0.05) is 6.07 Å². The quantitative estimate of drug-likeness (QED) is 0.672. The third-order valence-corrected chi connectivity index (χ3v) is 4.06. The summed E-state index contributed by atoms with van der Waals surface area (Å²) in [6.45, 7) is 0.645. The van der Waals surface area contributed by atoms with Gasteiger partial charge >= 0.3 is 0 Å². The zero-order valence-corrected chi connectivity index (χ0v) is 13.2. The van der Waals surface area contributed by atoms with Gasteiger partial charge in [-0.25, -0.2) is 8.78 Å². The second kappa shape index (κ2) is 6.40. The highest BCUT2D eigenvalue weighted by atomic mass is 19.1. The van der Waals surface area contributed by atoms with Crippen molar-refractivity contribution in [3.8, 4) is 0 Å². The summed E-state index contributed by atoms with van der Waals surface area (Å²) in [5.74, 6) is -0.470. The van der Waals surface area contributed by atoms with Gasteiger partial charge in [-0.3, -0.25) is 4.99 Å². The number of hydrogen-bond acceptors (Lipinski definition) is 1. The first-order valence-corrected chi connectivity index (χ1v) is 7.60. The van der Waals surface area contributed by atoms with Gasteiger partial charge in [-0.2, -0.15) is 0 Å². The predicted molar refractivity (Wildman–Crippen MR) is 86.3 cm³/mol. The average molecular weight is 318 g/mol. The summed E-state index contributed by atoms with van der Waals surface area (Å²) in [5, 5.41) is 6.43. The van der Waals surface area contributed by atoms with Gasteiger partial charge < -0.3 is 15.2 Å². The average Bonchev–Trinajstić information content (AvgIpc) is 3.14. The smallest absolute Gasteiger partial charge is 0.191 e. The SMILES string of the molecule is CN=C(NCc1ccn(C)c1)NC1CC1c1c(F)cccc1F. The van der Waals surface area contributed by atoms with Gasteiger partial charge in [0.25, 0.3) is 0 Å². The zero-order valence-electron chi connectivity index (χ0n) is 13.2. The fourth-order valence-corrected chi connectivity index (χ4v) is 2.76. The molecule has 23 heavy (non-hydrogen) atoms. The molecule has 1 fully saturated rings. The van der Waals surface area contributed by atoms with Crippen molar-refractivity contribution in [2.75, 3.05) is 7.05 Å². The maximum Gasteiger partial charge on any atom is 0.191 e. The number of nitrogens with zero attached hydrogens (tertiary/aromatic N) is 2. The Morgan fingerprint density at radius 3 is 2.65 bits per heavy atom. The Labute approximate surface area is 134 Å². The monoisotopic (exact) mass is 318 g/mol. The highest BCUT2D eigenvalue weighted by Crippen LogP contribution is 2.42. The van der Waals surface area contributed by atoms with Crippen LogP contribution in [0.15, 0.2) is 41.7 Å². The fraction of sp³-hybridized carbons (Fsp3) is 0.353. The van der Waals surface area contributed by atoms with E-state index in [1.54, 1.807) is 7.05 Å². The van der Waals surface area contributed by atoms with Gasteiger partial charge in [0.1, 0.15) is 11.6 Å². The number of halogens is 2. The predicted octanol–water partition coefficient (Wildman–Crippen LogP) is 2.52. The van der Waals surface area contributed by atoms with Gasteiger partial charge in [0.2, 0.25) is 0 Å². The number of guanidine groups is 1. The Kier molecular flexibility index (Phi) is 4.32. The summed E-state index contributed by atoms with van der Waals surface area (Å²) in [6.07, 6.45) is 4.70. The number of benzene rings is 1. The van der Waals surface area contributed by atoms with Crippen molar-refractivity contribution >= 4 is 5.96 Å². The molecule has 0 spiro atoms. The largest absolute Gasteiger partial charge is 0.357 e. The maximum absolute atomic E-state index is 13.8. The number of hydrogen-bond donors (Lipinski definition) is 2. The van der Waals surface area contributed by atoms with Crippen molar-refractivity contribution in [1.82, 2.24) is 15.2 Å². The molecular formula is C17H20F2N4. The molecule has 1 aromatic carbocycles. The van der Waals surface area contributed by atoms with Crippen LogP contribution in [0.2, 0.25) is 0 Å². The topological polar surface area (TPSA) is 41.4 Å². The molecule has 0 saturated heterocycles. The van der Waals surface area contributed by atoms with Crippen LogP contribution in [-0.2, 0) is 13.6 Å². The minimum atomic E-state index is -0.480. The molecule has 0 bridgehead atoms. The molecule has 6 heteroatoms. The summed E-state index contributed by atoms with van der Waals surface area (Å²) in [4.78, 5) is 4.16. The number of aliphatic imine (C=N–C) groups is 1. The minimum Gasteiger partial charge on any atom is -0.357 e. The van der Waals surface area contributed by atoms with Gasteiger partial charge in [0.15, 0.2) is 5.96 Å². The van der Waals surface area contributed by atoms with E-state index in [4.69, 9.17) is 0 Å². The van der Waals surface area contributed by atoms with Gasteiger partial charge in [0, 0.05) is 50.6 Å². The molecule has 2 N–H and O–H groups in total. The van der Waals surface area contributed by atoms with Gasteiger partial charge in [-0.15, -0.1) is 0 Å². The molecule has 1 saturated carbocycles. The molecule has 3 rings (SSSR count). The minimum absolute atomic E-state index is 0.00312. The third kappa shape index (κ3) is 3.52. The molecular weight excluding hydrogens is 298 g/mol. The normalized spacial score (nSPS) is 20.4. The lowest BCUT2D eigenvalue weighted by Crippen LogP contribution is -2.38. The number of aryl methyl sites for hydroxylation is 1. The first-order chi connectivity index (χ1) is 11.1. The molecule has 2 unspecified atom stereocenters. The van der Waals surface area contributed by atoms with Crippen molar-refractivity contribution in [3.63, 3.8) is 0 Å². The van der Waals surface area contributed by atoms with Crippen LogP contribution < -0.4 is 10.6 Å². The summed E-state index contributed by atoms with van der Waals surface area (Å²) in [7, 11) is 3.65. The zero-order chi connectivity index (χ0) is 16.4. The van der Waals surface area contributed by atoms with Crippen LogP contribution in [0.5, 0.6) is 0 Å². The maximum atomic E-state index is 13.8. The van der Waals surface area contributed by atoms with E-state index in [9.17, 15) is 8.78 Å². The van der Waals surface area contributed by atoms with E-state index in [1.165, 1.54) is 18.2 Å². The molecule has 2 aromatic rings. The van der Waals surface area contributed by atoms with Crippen LogP contribution in [-0.4, -0.2) is 23.6 Å². The van der Waals surface area contributed by atoms with E-state index in [2.05, 4.69) is 15.6 Å². The lowest BCUT2D eigenvalue weighted by molar-refractivity contribution is 0.553. The second-order valence-corrected chi connectivity index (χ2v) is 5.84. The molecule has 1 aliphatic rings. The van der Waals surface area contributed by atoms with E-state index in [0.717, 1.165) is 5.56 Å². The number of nitrogens with one attached hydrogen (secondary N) is 2. The standard InChI is InChI=1S/C17H20F2N4/c1-20-17(21-9-11-6-7-23(2)10-11)22-15-8-12(15)16-13(18)4-3-5-14(16)19/h3-7,10,12,15H,8-9H2,1-2H3,(H2,20,21,22). The van der Waals surface area contributed by atoms with Crippen LogP contribution in [0.1, 0.15) is 23.5 Å². The molecule has 122 valence electrons. The first kappa shape index (κ1) is 15.5. The Bertz CT molecular complexity index is 703. The summed E-state index contributed by atoms with van der Waals surface area (Å²) < 4.78 is 29.6. The van der Waals surface area contributed by atoms with Crippen LogP contribution in [0.25, 0.3) is 0 Å². The van der Waals surface area contributed by atoms with Crippen LogP contribution in [0.4, 0.5) is 8.78 Å². The fourth-order valence-electron chi connectivity index (χ4n) is 2.76. The Morgan fingerprint density at radius 1 is 1.30 bits per heavy atom. The van der Waals surface area contributed by atoms with E-state index in [-0.39, 0.29) is 17.5 Å². The highest BCUT2D eigenvalue weighted by Gasteiger charge is 2.42. The van der Waals surface area contributed by atoms with E-state index >= 15 is 0 Å². The number of rotatable bonds is 4.